The third-order valence-corrected chi connectivity index (χ3v) is 6.01. The van der Waals surface area contributed by atoms with Crippen molar-refractivity contribution in [2.24, 2.45) is 0 Å². The number of alkyl halides is 6. The molecule has 204 valence electrons. The van der Waals surface area contributed by atoms with Crippen molar-refractivity contribution in [3.05, 3.63) is 99.1 Å². The Hall–Kier alpha value is -3.14. The molecule has 38 heavy (non-hydrogen) atoms. The predicted octanol–water partition coefficient (Wildman–Crippen LogP) is 8.09. The third kappa shape index (κ3) is 7.46. The first-order chi connectivity index (χ1) is 17.4. The smallest absolute Gasteiger partial charge is 0.334 e. The number of nitrogens with zero attached hydrogens (tertiary/aromatic N) is 2. The Morgan fingerprint density at radius 3 is 2.03 bits per heavy atom. The number of benzene rings is 2. The molecule has 0 radical (unpaired) electrons. The van der Waals surface area contributed by atoms with Crippen LogP contribution in [-0.4, -0.2) is 22.3 Å². The maximum absolute atomic E-state index is 13.7. The van der Waals surface area contributed by atoms with Crippen LogP contribution in [0.1, 0.15) is 59.1 Å². The fraction of sp³-hybridized carbons (Fsp3) is 0.333. The van der Waals surface area contributed by atoms with Crippen LogP contribution < -0.4 is 0 Å². The Morgan fingerprint density at radius 1 is 0.868 bits per heavy atom. The lowest BCUT2D eigenvalue weighted by molar-refractivity contribution is -0.141. The number of hydrogen-bond donors (Lipinski definition) is 0. The molecule has 0 aliphatic carbocycles. The van der Waals surface area contributed by atoms with E-state index >= 15 is 0 Å². The Kier molecular flexibility index (Phi) is 8.45. The van der Waals surface area contributed by atoms with E-state index in [1.54, 1.807) is 12.1 Å². The average Bonchev–Trinajstić information content (AvgIpc) is 2.80. The number of hydrogen-bond acceptors (Lipinski definition) is 2. The van der Waals surface area contributed by atoms with Crippen LogP contribution in [0.15, 0.2) is 54.6 Å². The van der Waals surface area contributed by atoms with Crippen LogP contribution in [0.5, 0.6) is 0 Å². The number of carbonyl (C=O) groups is 1. The molecule has 11 heteroatoms. The van der Waals surface area contributed by atoms with Gasteiger partial charge in [-0.3, -0.25) is 4.79 Å². The van der Waals surface area contributed by atoms with Crippen LogP contribution in [0.3, 0.4) is 0 Å². The molecule has 1 amide bonds. The molecule has 0 unspecified atom stereocenters. The van der Waals surface area contributed by atoms with Gasteiger partial charge in [-0.2, -0.15) is 26.3 Å². The van der Waals surface area contributed by atoms with Crippen LogP contribution in [-0.2, 0) is 30.7 Å². The summed E-state index contributed by atoms with van der Waals surface area (Å²) >= 11 is 5.75. The molecule has 0 aliphatic heterocycles. The van der Waals surface area contributed by atoms with Gasteiger partial charge in [-0.05, 0) is 52.8 Å². The summed E-state index contributed by atoms with van der Waals surface area (Å²) in [6.07, 6.45) is -9.87. The highest BCUT2D eigenvalue weighted by molar-refractivity contribution is 6.29. The molecule has 2 aromatic carbocycles. The van der Waals surface area contributed by atoms with Crippen LogP contribution >= 0.6 is 11.6 Å². The van der Waals surface area contributed by atoms with E-state index in [2.05, 4.69) is 4.98 Å². The number of aromatic nitrogens is 1. The van der Waals surface area contributed by atoms with Gasteiger partial charge in [0.05, 0.1) is 5.56 Å². The molecule has 1 aromatic heterocycles. The molecule has 0 aliphatic rings. The molecule has 1 heterocycles. The summed E-state index contributed by atoms with van der Waals surface area (Å²) in [4.78, 5) is 17.8. The fourth-order valence-corrected chi connectivity index (χ4v) is 3.95. The zero-order chi connectivity index (χ0) is 28.5. The van der Waals surface area contributed by atoms with Gasteiger partial charge < -0.3 is 4.90 Å². The van der Waals surface area contributed by atoms with Crippen molar-refractivity contribution in [3.8, 4) is 0 Å². The quantitative estimate of drug-likeness (QED) is 0.225. The van der Waals surface area contributed by atoms with Gasteiger partial charge in [-0.25, -0.2) is 9.37 Å². The second kappa shape index (κ2) is 10.9. The molecular weight excluding hydrogens is 537 g/mol. The Bertz CT molecular complexity index is 1300. The summed E-state index contributed by atoms with van der Waals surface area (Å²) in [5.41, 5.74) is -1.55. The summed E-state index contributed by atoms with van der Waals surface area (Å²) < 4.78 is 92.9. The minimum atomic E-state index is -4.91. The highest BCUT2D eigenvalue weighted by Crippen LogP contribution is 2.33. The van der Waals surface area contributed by atoms with Crippen molar-refractivity contribution < 1.29 is 35.5 Å². The first-order valence-corrected chi connectivity index (χ1v) is 11.8. The molecule has 0 spiro atoms. The van der Waals surface area contributed by atoms with E-state index in [0.717, 1.165) is 17.7 Å². The lowest BCUT2D eigenvalue weighted by atomic mass is 9.87. The van der Waals surface area contributed by atoms with E-state index in [9.17, 15) is 35.5 Å². The lowest BCUT2D eigenvalue weighted by Crippen LogP contribution is -2.33. The maximum Gasteiger partial charge on any atom is 0.433 e. The monoisotopic (exact) mass is 560 g/mol. The average molecular weight is 561 g/mol. The predicted molar refractivity (Wildman–Crippen MR) is 129 cm³/mol. The van der Waals surface area contributed by atoms with E-state index in [1.807, 2.05) is 32.9 Å². The lowest BCUT2D eigenvalue weighted by Gasteiger charge is -2.25. The number of amides is 1. The summed E-state index contributed by atoms with van der Waals surface area (Å²) in [7, 11) is 0. The molecule has 0 bridgehead atoms. The minimum absolute atomic E-state index is 0.0438. The highest BCUT2D eigenvalue weighted by Gasteiger charge is 2.35. The Morgan fingerprint density at radius 2 is 1.47 bits per heavy atom. The van der Waals surface area contributed by atoms with Gasteiger partial charge in [-0.15, -0.1) is 0 Å². The number of pyridine rings is 1. The highest BCUT2D eigenvalue weighted by atomic mass is 35.5. The van der Waals surface area contributed by atoms with E-state index in [0.29, 0.717) is 23.8 Å². The van der Waals surface area contributed by atoms with Gasteiger partial charge in [0.15, 0.2) is 0 Å². The normalized spacial score (nSPS) is 12.5. The SMILES string of the molecule is CC(C)(C)c1ccc(CN(CCc2ccc(F)c(C(F)(F)F)c2)C(=O)c2cc(Cl)nc(C(F)(F)F)c2)cc1. The van der Waals surface area contributed by atoms with E-state index in [1.165, 1.54) is 4.90 Å². The van der Waals surface area contributed by atoms with E-state index < -0.39 is 40.5 Å². The maximum atomic E-state index is 13.7. The molecule has 0 N–H and O–H groups in total. The van der Waals surface area contributed by atoms with E-state index in [-0.39, 0.29) is 36.1 Å². The van der Waals surface area contributed by atoms with Crippen LogP contribution in [0.4, 0.5) is 30.7 Å². The molecular formula is C27H24ClF7N2O. The first-order valence-electron chi connectivity index (χ1n) is 11.4. The van der Waals surface area contributed by atoms with Crippen molar-refractivity contribution in [1.29, 1.82) is 0 Å². The van der Waals surface area contributed by atoms with Crippen molar-refractivity contribution in [1.82, 2.24) is 9.88 Å². The van der Waals surface area contributed by atoms with Gasteiger partial charge in [0.1, 0.15) is 16.7 Å². The van der Waals surface area contributed by atoms with Crippen LogP contribution in [0.25, 0.3) is 0 Å². The molecule has 0 fully saturated rings. The minimum Gasteiger partial charge on any atom is -0.334 e. The molecule has 3 aromatic rings. The van der Waals surface area contributed by atoms with Crippen molar-refractivity contribution in [3.63, 3.8) is 0 Å². The second-order valence-corrected chi connectivity index (χ2v) is 10.2. The largest absolute Gasteiger partial charge is 0.433 e. The standard InChI is InChI=1S/C27H24ClF7N2O/c1-25(2,3)19-7-4-17(5-8-19)15-37(11-10-16-6-9-21(29)20(12-16)26(30,31)32)24(38)18-13-22(27(33,34)35)36-23(28)14-18/h4-9,12-14H,10-11,15H2,1-3H3. The van der Waals surface area contributed by atoms with Crippen molar-refractivity contribution in [2.45, 2.75) is 51.5 Å². The number of rotatable bonds is 6. The number of carbonyl (C=O) groups excluding carboxylic acids is 1. The summed E-state index contributed by atoms with van der Waals surface area (Å²) in [5.74, 6) is -2.25. The van der Waals surface area contributed by atoms with E-state index in [4.69, 9.17) is 11.6 Å². The van der Waals surface area contributed by atoms with Crippen molar-refractivity contribution >= 4 is 17.5 Å². The van der Waals surface area contributed by atoms with Crippen LogP contribution in [0.2, 0.25) is 5.15 Å². The Labute approximate surface area is 220 Å². The van der Waals surface area contributed by atoms with Gasteiger partial charge >= 0.3 is 12.4 Å². The van der Waals surface area contributed by atoms with Gasteiger partial charge in [0, 0.05) is 18.7 Å². The molecule has 0 saturated carbocycles. The topological polar surface area (TPSA) is 33.2 Å². The summed E-state index contributed by atoms with van der Waals surface area (Å²) in [6, 6.07) is 11.3. The zero-order valence-corrected chi connectivity index (χ0v) is 21.4. The number of halogens is 8. The summed E-state index contributed by atoms with van der Waals surface area (Å²) in [6.45, 7) is 5.84. The van der Waals surface area contributed by atoms with Gasteiger partial charge in [-0.1, -0.05) is 62.7 Å². The molecule has 3 nitrogen and oxygen atoms in total. The second-order valence-electron chi connectivity index (χ2n) is 9.80. The Balaban J connectivity index is 1.94. The van der Waals surface area contributed by atoms with Crippen LogP contribution in [0, 0.1) is 5.82 Å². The van der Waals surface area contributed by atoms with Gasteiger partial charge in [0.25, 0.3) is 5.91 Å². The molecule has 0 saturated heterocycles. The fourth-order valence-electron chi connectivity index (χ4n) is 3.74. The molecule has 0 atom stereocenters. The van der Waals surface area contributed by atoms with Crippen molar-refractivity contribution in [2.75, 3.05) is 6.54 Å². The summed E-state index contributed by atoms with van der Waals surface area (Å²) in [5, 5.41) is -0.536. The van der Waals surface area contributed by atoms with Gasteiger partial charge in [0.2, 0.25) is 0 Å². The molecule has 3 rings (SSSR count). The third-order valence-electron chi connectivity index (χ3n) is 5.82. The first kappa shape index (κ1) is 29.4. The zero-order valence-electron chi connectivity index (χ0n) is 20.6.